The fraction of sp³-hybridized carbons (Fsp3) is 0.500. The molecule has 0 aromatic carbocycles. The van der Waals surface area contributed by atoms with Gasteiger partial charge in [-0.1, -0.05) is 11.8 Å². The van der Waals surface area contributed by atoms with Crippen molar-refractivity contribution in [2.45, 2.75) is 19.0 Å². The lowest BCUT2D eigenvalue weighted by Crippen LogP contribution is -2.31. The van der Waals surface area contributed by atoms with Crippen molar-refractivity contribution in [1.82, 2.24) is 14.9 Å². The Morgan fingerprint density at radius 1 is 1.33 bits per heavy atom. The molecule has 0 unspecified atom stereocenters. The van der Waals surface area contributed by atoms with Crippen LogP contribution >= 0.6 is 11.8 Å². The van der Waals surface area contributed by atoms with Crippen LogP contribution in [-0.2, 0) is 4.79 Å². The van der Waals surface area contributed by atoms with E-state index in [2.05, 4.69) is 9.97 Å². The van der Waals surface area contributed by atoms with Crippen LogP contribution in [0.5, 0.6) is 0 Å². The number of carbonyl (C=O) groups is 1. The molecule has 0 bridgehead atoms. The van der Waals surface area contributed by atoms with Gasteiger partial charge in [0.2, 0.25) is 5.91 Å². The molecule has 0 aliphatic carbocycles. The average molecular weight is 225 g/mol. The van der Waals surface area contributed by atoms with Crippen molar-refractivity contribution in [3.63, 3.8) is 0 Å². The molecule has 0 saturated heterocycles. The number of thioether (sulfide) groups is 1. The molecule has 0 N–H and O–H groups in total. The molecule has 0 saturated carbocycles. The SMILES string of the molecule is CCN(CC)C(=O)CSc1ncccn1. The summed E-state index contributed by atoms with van der Waals surface area (Å²) in [6.07, 6.45) is 3.36. The predicted molar refractivity (Wildman–Crippen MR) is 60.7 cm³/mol. The van der Waals surface area contributed by atoms with Crippen LogP contribution in [0, 0.1) is 0 Å². The monoisotopic (exact) mass is 225 g/mol. The summed E-state index contributed by atoms with van der Waals surface area (Å²) in [6, 6.07) is 1.76. The first-order valence-corrected chi connectivity index (χ1v) is 5.94. The van der Waals surface area contributed by atoms with Gasteiger partial charge in [0.1, 0.15) is 0 Å². The molecule has 1 aromatic heterocycles. The van der Waals surface area contributed by atoms with E-state index in [0.717, 1.165) is 13.1 Å². The van der Waals surface area contributed by atoms with Gasteiger partial charge in [0.15, 0.2) is 5.16 Å². The van der Waals surface area contributed by atoms with E-state index in [0.29, 0.717) is 10.9 Å². The second-order valence-electron chi connectivity index (χ2n) is 2.89. The number of hydrogen-bond donors (Lipinski definition) is 0. The van der Waals surface area contributed by atoms with Gasteiger partial charge in [-0.25, -0.2) is 9.97 Å². The molecule has 1 heterocycles. The van der Waals surface area contributed by atoms with Crippen molar-refractivity contribution >= 4 is 17.7 Å². The topological polar surface area (TPSA) is 46.1 Å². The highest BCUT2D eigenvalue weighted by molar-refractivity contribution is 7.99. The van der Waals surface area contributed by atoms with E-state index in [1.807, 2.05) is 13.8 Å². The molecule has 0 fully saturated rings. The third-order valence-corrected chi connectivity index (χ3v) is 2.84. The fourth-order valence-electron chi connectivity index (χ4n) is 1.15. The fourth-order valence-corrected chi connectivity index (χ4v) is 1.86. The van der Waals surface area contributed by atoms with Crippen LogP contribution in [0.3, 0.4) is 0 Å². The molecular weight excluding hydrogens is 210 g/mol. The van der Waals surface area contributed by atoms with Gasteiger partial charge in [-0.15, -0.1) is 0 Å². The highest BCUT2D eigenvalue weighted by Gasteiger charge is 2.10. The summed E-state index contributed by atoms with van der Waals surface area (Å²) in [4.78, 5) is 21.5. The molecule has 0 aliphatic rings. The summed E-state index contributed by atoms with van der Waals surface area (Å²) >= 11 is 1.37. The maximum Gasteiger partial charge on any atom is 0.233 e. The molecule has 0 aliphatic heterocycles. The Labute approximate surface area is 94.1 Å². The van der Waals surface area contributed by atoms with Crippen LogP contribution in [0.2, 0.25) is 0 Å². The summed E-state index contributed by atoms with van der Waals surface area (Å²) in [5, 5.41) is 0.651. The van der Waals surface area contributed by atoms with Crippen LogP contribution in [0.1, 0.15) is 13.8 Å². The van der Waals surface area contributed by atoms with Crippen molar-refractivity contribution in [3.05, 3.63) is 18.5 Å². The van der Waals surface area contributed by atoms with Gasteiger partial charge in [-0.2, -0.15) is 0 Å². The van der Waals surface area contributed by atoms with E-state index in [9.17, 15) is 4.79 Å². The number of carbonyl (C=O) groups excluding carboxylic acids is 1. The number of rotatable bonds is 5. The van der Waals surface area contributed by atoms with Crippen LogP contribution in [0.25, 0.3) is 0 Å². The van der Waals surface area contributed by atoms with Gasteiger partial charge in [0.05, 0.1) is 5.75 Å². The Bertz CT molecular complexity index is 301. The maximum absolute atomic E-state index is 11.6. The first kappa shape index (κ1) is 12.0. The minimum absolute atomic E-state index is 0.137. The van der Waals surface area contributed by atoms with Gasteiger partial charge in [-0.3, -0.25) is 4.79 Å². The van der Waals surface area contributed by atoms with Crippen LogP contribution < -0.4 is 0 Å². The highest BCUT2D eigenvalue weighted by Crippen LogP contribution is 2.11. The zero-order valence-corrected chi connectivity index (χ0v) is 9.83. The zero-order valence-electron chi connectivity index (χ0n) is 9.01. The van der Waals surface area contributed by atoms with Gasteiger partial charge in [0, 0.05) is 25.5 Å². The molecule has 15 heavy (non-hydrogen) atoms. The molecule has 1 amide bonds. The molecule has 0 spiro atoms. The van der Waals surface area contributed by atoms with Gasteiger partial charge in [-0.05, 0) is 19.9 Å². The van der Waals surface area contributed by atoms with Crippen molar-refractivity contribution < 1.29 is 4.79 Å². The second kappa shape index (κ2) is 6.40. The predicted octanol–water partition coefficient (Wildman–Crippen LogP) is 1.44. The van der Waals surface area contributed by atoms with Crippen LogP contribution in [0.15, 0.2) is 23.6 Å². The van der Waals surface area contributed by atoms with Crippen molar-refractivity contribution in [3.8, 4) is 0 Å². The smallest absolute Gasteiger partial charge is 0.233 e. The molecule has 1 aromatic rings. The minimum Gasteiger partial charge on any atom is -0.343 e. The van der Waals surface area contributed by atoms with E-state index < -0.39 is 0 Å². The molecule has 0 atom stereocenters. The summed E-state index contributed by atoms with van der Waals surface area (Å²) in [5.41, 5.74) is 0. The Kier molecular flexibility index (Phi) is 5.10. The lowest BCUT2D eigenvalue weighted by Gasteiger charge is -2.17. The molecule has 4 nitrogen and oxygen atoms in total. The Morgan fingerprint density at radius 2 is 1.93 bits per heavy atom. The number of amides is 1. The largest absolute Gasteiger partial charge is 0.343 e. The minimum atomic E-state index is 0.137. The molecular formula is C10H15N3OS. The quantitative estimate of drug-likeness (QED) is 0.562. The first-order chi connectivity index (χ1) is 7.27. The van der Waals surface area contributed by atoms with E-state index in [-0.39, 0.29) is 5.91 Å². The lowest BCUT2D eigenvalue weighted by atomic mass is 10.5. The molecule has 82 valence electrons. The Morgan fingerprint density at radius 3 is 2.47 bits per heavy atom. The van der Waals surface area contributed by atoms with Crippen LogP contribution in [-0.4, -0.2) is 39.6 Å². The average Bonchev–Trinajstić information content (AvgIpc) is 2.29. The highest BCUT2D eigenvalue weighted by atomic mass is 32.2. The van der Waals surface area contributed by atoms with E-state index in [4.69, 9.17) is 0 Å². The van der Waals surface area contributed by atoms with Crippen molar-refractivity contribution in [2.24, 2.45) is 0 Å². The Balaban J connectivity index is 2.40. The third-order valence-electron chi connectivity index (χ3n) is 1.98. The Hall–Kier alpha value is -1.10. The lowest BCUT2D eigenvalue weighted by molar-refractivity contribution is -0.127. The van der Waals surface area contributed by atoms with E-state index >= 15 is 0 Å². The van der Waals surface area contributed by atoms with E-state index in [1.54, 1.807) is 23.4 Å². The second-order valence-corrected chi connectivity index (χ2v) is 3.83. The molecule has 0 radical (unpaired) electrons. The third kappa shape index (κ3) is 3.87. The van der Waals surface area contributed by atoms with Crippen molar-refractivity contribution in [1.29, 1.82) is 0 Å². The number of hydrogen-bond acceptors (Lipinski definition) is 4. The normalized spacial score (nSPS) is 10.0. The first-order valence-electron chi connectivity index (χ1n) is 4.95. The van der Waals surface area contributed by atoms with Crippen LogP contribution in [0.4, 0.5) is 0 Å². The van der Waals surface area contributed by atoms with Gasteiger partial charge < -0.3 is 4.90 Å². The van der Waals surface area contributed by atoms with E-state index in [1.165, 1.54) is 11.8 Å². The number of aromatic nitrogens is 2. The molecule has 5 heteroatoms. The standard InChI is InChI=1S/C10H15N3OS/c1-3-13(4-2)9(14)8-15-10-11-6-5-7-12-10/h5-7H,3-4,8H2,1-2H3. The summed E-state index contributed by atoms with van der Waals surface area (Å²) < 4.78 is 0. The zero-order chi connectivity index (χ0) is 11.1. The summed E-state index contributed by atoms with van der Waals surface area (Å²) in [6.45, 7) is 5.47. The number of nitrogens with zero attached hydrogens (tertiary/aromatic N) is 3. The maximum atomic E-state index is 11.6. The van der Waals surface area contributed by atoms with Crippen molar-refractivity contribution in [2.75, 3.05) is 18.8 Å². The van der Waals surface area contributed by atoms with Gasteiger partial charge >= 0.3 is 0 Å². The summed E-state index contributed by atoms with van der Waals surface area (Å²) in [7, 11) is 0. The van der Waals surface area contributed by atoms with Gasteiger partial charge in [0.25, 0.3) is 0 Å². The molecule has 1 rings (SSSR count). The summed E-state index contributed by atoms with van der Waals surface area (Å²) in [5.74, 6) is 0.545.